The fourth-order valence-corrected chi connectivity index (χ4v) is 0.676. The Labute approximate surface area is 62.2 Å². The molecule has 2 nitrogen and oxygen atoms in total. The topological polar surface area (TPSA) is 37.3 Å². The van der Waals surface area contributed by atoms with E-state index in [-0.39, 0.29) is 11.2 Å². The van der Waals surface area contributed by atoms with Gasteiger partial charge in [-0.1, -0.05) is 27.7 Å². The first-order chi connectivity index (χ1) is 4.39. The van der Waals surface area contributed by atoms with E-state index in [1.165, 1.54) is 0 Å². The standard InChI is InChI=1S/C8H16O2/c1-5-6(9)7(10)8(2,3)4/h7,10H,5H2,1-4H3/t7-/m1/s1. The Morgan fingerprint density at radius 1 is 1.50 bits per heavy atom. The predicted octanol–water partition coefficient (Wildman–Crippen LogP) is 1.37. The lowest BCUT2D eigenvalue weighted by Crippen LogP contribution is -2.33. The van der Waals surface area contributed by atoms with Gasteiger partial charge in [0.1, 0.15) is 6.10 Å². The van der Waals surface area contributed by atoms with Gasteiger partial charge in [0.2, 0.25) is 0 Å². The summed E-state index contributed by atoms with van der Waals surface area (Å²) >= 11 is 0. The highest BCUT2D eigenvalue weighted by Crippen LogP contribution is 2.20. The number of carbonyl (C=O) groups excluding carboxylic acids is 1. The lowest BCUT2D eigenvalue weighted by atomic mass is 9.86. The summed E-state index contributed by atoms with van der Waals surface area (Å²) in [6, 6.07) is 0. The molecule has 0 fully saturated rings. The molecular weight excluding hydrogens is 128 g/mol. The zero-order chi connectivity index (χ0) is 8.36. The summed E-state index contributed by atoms with van der Waals surface area (Å²) in [5, 5.41) is 9.30. The van der Waals surface area contributed by atoms with Crippen LogP contribution in [0.25, 0.3) is 0 Å². The molecule has 0 saturated heterocycles. The summed E-state index contributed by atoms with van der Waals surface area (Å²) in [5.74, 6) is -0.0764. The van der Waals surface area contributed by atoms with E-state index in [0.29, 0.717) is 6.42 Å². The van der Waals surface area contributed by atoms with Crippen molar-refractivity contribution in [2.45, 2.75) is 40.2 Å². The number of carbonyl (C=O) groups is 1. The minimum absolute atomic E-state index is 0.0764. The Morgan fingerprint density at radius 2 is 1.90 bits per heavy atom. The molecule has 0 aliphatic carbocycles. The second-order valence-corrected chi connectivity index (χ2v) is 3.59. The van der Waals surface area contributed by atoms with Crippen LogP contribution in [-0.4, -0.2) is 17.0 Å². The minimum atomic E-state index is -0.808. The molecule has 60 valence electrons. The van der Waals surface area contributed by atoms with Crippen molar-refractivity contribution in [3.63, 3.8) is 0 Å². The Hall–Kier alpha value is -0.370. The van der Waals surface area contributed by atoms with Gasteiger partial charge in [-0.2, -0.15) is 0 Å². The van der Waals surface area contributed by atoms with Gasteiger partial charge in [0.05, 0.1) is 0 Å². The molecule has 0 heterocycles. The van der Waals surface area contributed by atoms with E-state index in [9.17, 15) is 9.90 Å². The summed E-state index contributed by atoms with van der Waals surface area (Å²) in [5.41, 5.74) is -0.312. The zero-order valence-corrected chi connectivity index (χ0v) is 7.14. The number of ketones is 1. The molecule has 2 heteroatoms. The van der Waals surface area contributed by atoms with Crippen molar-refractivity contribution in [2.75, 3.05) is 0 Å². The Kier molecular flexibility index (Phi) is 3.03. The van der Waals surface area contributed by atoms with Gasteiger partial charge in [0.25, 0.3) is 0 Å². The number of aliphatic hydroxyl groups is 1. The third-order valence-electron chi connectivity index (χ3n) is 1.47. The summed E-state index contributed by atoms with van der Waals surface area (Å²) in [6.45, 7) is 7.32. The largest absolute Gasteiger partial charge is 0.385 e. The van der Waals surface area contributed by atoms with Gasteiger partial charge in [-0.25, -0.2) is 0 Å². The Balaban J connectivity index is 4.08. The van der Waals surface area contributed by atoms with Crippen LogP contribution < -0.4 is 0 Å². The molecule has 0 aliphatic rings. The normalized spacial score (nSPS) is 14.9. The van der Waals surface area contributed by atoms with Gasteiger partial charge in [-0.3, -0.25) is 4.79 Å². The SMILES string of the molecule is CCC(=O)[C@@H](O)C(C)(C)C. The molecule has 0 aromatic heterocycles. The van der Waals surface area contributed by atoms with Crippen molar-refractivity contribution >= 4 is 5.78 Å². The van der Waals surface area contributed by atoms with E-state index < -0.39 is 6.10 Å². The first-order valence-corrected chi connectivity index (χ1v) is 3.60. The maximum Gasteiger partial charge on any atom is 0.161 e. The van der Waals surface area contributed by atoms with Crippen LogP contribution in [0.4, 0.5) is 0 Å². The lowest BCUT2D eigenvalue weighted by molar-refractivity contribution is -0.131. The molecule has 0 bridgehead atoms. The first kappa shape index (κ1) is 9.63. The summed E-state index contributed by atoms with van der Waals surface area (Å²) < 4.78 is 0. The smallest absolute Gasteiger partial charge is 0.161 e. The van der Waals surface area contributed by atoms with Gasteiger partial charge in [-0.15, -0.1) is 0 Å². The third kappa shape index (κ3) is 2.48. The van der Waals surface area contributed by atoms with E-state index in [1.807, 2.05) is 20.8 Å². The maximum atomic E-state index is 10.9. The highest BCUT2D eigenvalue weighted by Gasteiger charge is 2.27. The first-order valence-electron chi connectivity index (χ1n) is 3.60. The number of rotatable bonds is 2. The van der Waals surface area contributed by atoms with E-state index in [0.717, 1.165) is 0 Å². The zero-order valence-electron chi connectivity index (χ0n) is 7.14. The van der Waals surface area contributed by atoms with Gasteiger partial charge < -0.3 is 5.11 Å². The second-order valence-electron chi connectivity index (χ2n) is 3.59. The van der Waals surface area contributed by atoms with E-state index >= 15 is 0 Å². The highest BCUT2D eigenvalue weighted by atomic mass is 16.3. The van der Waals surface area contributed by atoms with Crippen LogP contribution in [0, 0.1) is 5.41 Å². The summed E-state index contributed by atoms with van der Waals surface area (Å²) in [4.78, 5) is 10.9. The van der Waals surface area contributed by atoms with E-state index in [1.54, 1.807) is 6.92 Å². The fourth-order valence-electron chi connectivity index (χ4n) is 0.676. The third-order valence-corrected chi connectivity index (χ3v) is 1.47. The van der Waals surface area contributed by atoms with Crippen molar-refractivity contribution in [3.8, 4) is 0 Å². The van der Waals surface area contributed by atoms with Crippen LogP contribution in [0.5, 0.6) is 0 Å². The molecule has 0 radical (unpaired) electrons. The molecular formula is C8H16O2. The van der Waals surface area contributed by atoms with Gasteiger partial charge in [0.15, 0.2) is 5.78 Å². The Bertz CT molecular complexity index is 122. The molecule has 0 aromatic rings. The number of Topliss-reactive ketones (excluding diaryl/α,β-unsaturated/α-hetero) is 1. The average molecular weight is 144 g/mol. The predicted molar refractivity (Wildman–Crippen MR) is 40.8 cm³/mol. The molecule has 1 atom stereocenters. The second kappa shape index (κ2) is 3.15. The maximum absolute atomic E-state index is 10.9. The molecule has 0 saturated carbocycles. The molecule has 1 N–H and O–H groups in total. The molecule has 0 rings (SSSR count). The summed E-state index contributed by atoms with van der Waals surface area (Å²) in [6.07, 6.45) is -0.393. The van der Waals surface area contributed by atoms with Crippen molar-refractivity contribution in [3.05, 3.63) is 0 Å². The minimum Gasteiger partial charge on any atom is -0.385 e. The molecule has 0 aromatic carbocycles. The van der Waals surface area contributed by atoms with E-state index in [2.05, 4.69) is 0 Å². The highest BCUT2D eigenvalue weighted by molar-refractivity contribution is 5.83. The van der Waals surface area contributed by atoms with Crippen LogP contribution in [0.2, 0.25) is 0 Å². The van der Waals surface area contributed by atoms with Crippen molar-refractivity contribution in [1.29, 1.82) is 0 Å². The Morgan fingerprint density at radius 3 is 2.00 bits per heavy atom. The fraction of sp³-hybridized carbons (Fsp3) is 0.875. The van der Waals surface area contributed by atoms with Crippen LogP contribution in [0.15, 0.2) is 0 Å². The molecule has 0 spiro atoms. The van der Waals surface area contributed by atoms with Crippen molar-refractivity contribution in [1.82, 2.24) is 0 Å². The van der Waals surface area contributed by atoms with Crippen molar-refractivity contribution < 1.29 is 9.90 Å². The lowest BCUT2D eigenvalue weighted by Gasteiger charge is -2.23. The number of hydrogen-bond donors (Lipinski definition) is 1. The monoisotopic (exact) mass is 144 g/mol. The van der Waals surface area contributed by atoms with Crippen LogP contribution in [0.3, 0.4) is 0 Å². The van der Waals surface area contributed by atoms with Crippen LogP contribution in [-0.2, 0) is 4.79 Å². The molecule has 0 unspecified atom stereocenters. The average Bonchev–Trinajstić information content (AvgIpc) is 1.83. The van der Waals surface area contributed by atoms with Gasteiger partial charge in [0, 0.05) is 6.42 Å². The number of hydrogen-bond acceptors (Lipinski definition) is 2. The van der Waals surface area contributed by atoms with Gasteiger partial charge >= 0.3 is 0 Å². The van der Waals surface area contributed by atoms with Crippen LogP contribution in [0.1, 0.15) is 34.1 Å². The quantitative estimate of drug-likeness (QED) is 0.635. The van der Waals surface area contributed by atoms with Crippen LogP contribution >= 0.6 is 0 Å². The van der Waals surface area contributed by atoms with Crippen molar-refractivity contribution in [2.24, 2.45) is 5.41 Å². The van der Waals surface area contributed by atoms with Gasteiger partial charge in [-0.05, 0) is 5.41 Å². The number of aliphatic hydroxyl groups excluding tert-OH is 1. The molecule has 0 aliphatic heterocycles. The summed E-state index contributed by atoms with van der Waals surface area (Å²) in [7, 11) is 0. The molecule has 10 heavy (non-hydrogen) atoms. The molecule has 0 amide bonds. The van der Waals surface area contributed by atoms with E-state index in [4.69, 9.17) is 0 Å².